The third-order valence-electron chi connectivity index (χ3n) is 3.49. The van der Waals surface area contributed by atoms with Gasteiger partial charge in [-0.25, -0.2) is 0 Å². The molecule has 0 radical (unpaired) electrons. The Morgan fingerprint density at radius 2 is 1.73 bits per heavy atom. The van der Waals surface area contributed by atoms with Crippen LogP contribution < -0.4 is 0 Å². The van der Waals surface area contributed by atoms with E-state index in [0.29, 0.717) is 5.41 Å². The second-order valence-corrected chi connectivity index (χ2v) is 4.56. The molecule has 0 atom stereocenters. The Balaban J connectivity index is 2.55. The molecule has 0 saturated heterocycles. The van der Waals surface area contributed by atoms with Crippen LogP contribution in [0.15, 0.2) is 12.2 Å². The molecule has 0 nitrogen and oxygen atoms in total. The van der Waals surface area contributed by atoms with Gasteiger partial charge in [0.1, 0.15) is 0 Å². The van der Waals surface area contributed by atoms with E-state index in [4.69, 9.17) is 0 Å². The van der Waals surface area contributed by atoms with Crippen molar-refractivity contribution in [2.75, 3.05) is 0 Å². The number of hydrogen-bond donors (Lipinski definition) is 0. The largest absolute Gasteiger partial charge is 0.0999 e. The minimum absolute atomic E-state index is 0.598. The van der Waals surface area contributed by atoms with Crippen molar-refractivity contribution < 1.29 is 0 Å². The average Bonchev–Trinajstić information content (AvgIpc) is 1.95. The number of rotatable bonds is 1. The van der Waals surface area contributed by atoms with Gasteiger partial charge in [0.15, 0.2) is 0 Å². The summed E-state index contributed by atoms with van der Waals surface area (Å²) in [5.41, 5.74) is 2.06. The van der Waals surface area contributed by atoms with Crippen molar-refractivity contribution >= 4 is 0 Å². The van der Waals surface area contributed by atoms with Crippen molar-refractivity contribution in [3.63, 3.8) is 0 Å². The third kappa shape index (κ3) is 1.85. The van der Waals surface area contributed by atoms with Crippen molar-refractivity contribution in [2.45, 2.75) is 46.5 Å². The van der Waals surface area contributed by atoms with E-state index in [0.717, 1.165) is 5.92 Å². The molecule has 1 aliphatic carbocycles. The Hall–Kier alpha value is -0.260. The van der Waals surface area contributed by atoms with E-state index < -0.39 is 0 Å². The lowest BCUT2D eigenvalue weighted by Crippen LogP contribution is -2.26. The Kier molecular flexibility index (Phi) is 2.41. The first-order chi connectivity index (χ1) is 5.04. The van der Waals surface area contributed by atoms with Gasteiger partial charge in [0.25, 0.3) is 0 Å². The summed E-state index contributed by atoms with van der Waals surface area (Å²) in [6, 6.07) is 0. The number of allylic oxidation sites excluding steroid dienone is 1. The van der Waals surface area contributed by atoms with Crippen LogP contribution in [-0.2, 0) is 0 Å². The van der Waals surface area contributed by atoms with Crippen LogP contribution in [0.5, 0.6) is 0 Å². The molecule has 0 aromatic rings. The van der Waals surface area contributed by atoms with Crippen molar-refractivity contribution in [1.29, 1.82) is 0 Å². The smallest absolute Gasteiger partial charge is 0.0297 e. The molecule has 0 heterocycles. The van der Waals surface area contributed by atoms with E-state index in [-0.39, 0.29) is 0 Å². The van der Waals surface area contributed by atoms with E-state index >= 15 is 0 Å². The van der Waals surface area contributed by atoms with Gasteiger partial charge in [-0.1, -0.05) is 32.9 Å². The average molecular weight is 152 g/mol. The van der Waals surface area contributed by atoms with Crippen LogP contribution in [0.1, 0.15) is 46.5 Å². The highest BCUT2D eigenvalue weighted by atomic mass is 14.4. The number of hydrogen-bond acceptors (Lipinski definition) is 0. The summed E-state index contributed by atoms with van der Waals surface area (Å²) in [5.74, 6) is 0.829. The van der Waals surface area contributed by atoms with Crippen LogP contribution in [0.2, 0.25) is 0 Å². The minimum atomic E-state index is 0.598. The molecule has 0 unspecified atom stereocenters. The van der Waals surface area contributed by atoms with Gasteiger partial charge in [-0.3, -0.25) is 0 Å². The van der Waals surface area contributed by atoms with Gasteiger partial charge in [-0.2, -0.15) is 0 Å². The van der Waals surface area contributed by atoms with Gasteiger partial charge in [0.05, 0.1) is 0 Å². The van der Waals surface area contributed by atoms with E-state index in [1.165, 1.54) is 31.3 Å². The molecule has 64 valence electrons. The predicted molar refractivity (Wildman–Crippen MR) is 50.6 cm³/mol. The van der Waals surface area contributed by atoms with Crippen LogP contribution in [0.25, 0.3) is 0 Å². The van der Waals surface area contributed by atoms with Crippen LogP contribution in [0.4, 0.5) is 0 Å². The highest BCUT2D eigenvalue weighted by molar-refractivity contribution is 5.02. The molecule has 1 saturated carbocycles. The van der Waals surface area contributed by atoms with Crippen molar-refractivity contribution in [1.82, 2.24) is 0 Å². The van der Waals surface area contributed by atoms with Gasteiger partial charge < -0.3 is 0 Å². The topological polar surface area (TPSA) is 0 Å². The molecule has 0 amide bonds. The Morgan fingerprint density at radius 3 is 2.09 bits per heavy atom. The van der Waals surface area contributed by atoms with Gasteiger partial charge in [-0.15, -0.1) is 0 Å². The maximum absolute atomic E-state index is 4.04. The molecule has 1 rings (SSSR count). The lowest BCUT2D eigenvalue weighted by Gasteiger charge is -2.38. The fourth-order valence-electron chi connectivity index (χ4n) is 1.75. The molecule has 0 heteroatoms. The Morgan fingerprint density at radius 1 is 1.27 bits per heavy atom. The summed E-state index contributed by atoms with van der Waals surface area (Å²) in [6.45, 7) is 11.1. The van der Waals surface area contributed by atoms with Crippen LogP contribution in [0.3, 0.4) is 0 Å². The molecule has 0 aromatic carbocycles. The van der Waals surface area contributed by atoms with Crippen LogP contribution in [0, 0.1) is 11.3 Å². The van der Waals surface area contributed by atoms with Crippen molar-refractivity contribution in [3.8, 4) is 0 Å². The predicted octanol–water partition coefficient (Wildman–Crippen LogP) is 3.78. The molecule has 11 heavy (non-hydrogen) atoms. The van der Waals surface area contributed by atoms with E-state index in [9.17, 15) is 0 Å². The lowest BCUT2D eigenvalue weighted by molar-refractivity contribution is 0.164. The molecule has 0 spiro atoms. The van der Waals surface area contributed by atoms with Gasteiger partial charge in [0.2, 0.25) is 0 Å². The Labute approximate surface area is 70.7 Å². The summed E-state index contributed by atoms with van der Waals surface area (Å²) in [4.78, 5) is 0. The van der Waals surface area contributed by atoms with Gasteiger partial charge in [-0.05, 0) is 37.0 Å². The first kappa shape index (κ1) is 8.83. The fourth-order valence-corrected chi connectivity index (χ4v) is 1.75. The van der Waals surface area contributed by atoms with Crippen molar-refractivity contribution in [2.24, 2.45) is 11.3 Å². The first-order valence-electron chi connectivity index (χ1n) is 4.71. The van der Waals surface area contributed by atoms with E-state index in [1.54, 1.807) is 0 Å². The standard InChI is InChI=1S/C11H20/c1-9(2)11(4)7-5-10(3)6-8-11/h9H,3,5-8H2,1-2,4H3. The van der Waals surface area contributed by atoms with Crippen molar-refractivity contribution in [3.05, 3.63) is 12.2 Å². The molecule has 0 bridgehead atoms. The second-order valence-electron chi connectivity index (χ2n) is 4.56. The zero-order valence-electron chi connectivity index (χ0n) is 8.11. The fraction of sp³-hybridized carbons (Fsp3) is 0.818. The Bertz CT molecular complexity index is 143. The molecule has 1 aliphatic rings. The monoisotopic (exact) mass is 152 g/mol. The molecule has 0 aromatic heterocycles. The van der Waals surface area contributed by atoms with Gasteiger partial charge in [0, 0.05) is 0 Å². The molecular formula is C11H20. The lowest BCUT2D eigenvalue weighted by atomic mass is 9.68. The van der Waals surface area contributed by atoms with E-state index in [2.05, 4.69) is 27.4 Å². The third-order valence-corrected chi connectivity index (χ3v) is 3.49. The normalized spacial score (nSPS) is 24.2. The first-order valence-corrected chi connectivity index (χ1v) is 4.71. The molecule has 0 N–H and O–H groups in total. The molecule has 1 fully saturated rings. The minimum Gasteiger partial charge on any atom is -0.0999 e. The zero-order chi connectivity index (χ0) is 8.48. The molecular weight excluding hydrogens is 132 g/mol. The quantitative estimate of drug-likeness (QED) is 0.502. The summed E-state index contributed by atoms with van der Waals surface area (Å²) in [6.07, 6.45) is 5.22. The highest BCUT2D eigenvalue weighted by Crippen LogP contribution is 2.43. The summed E-state index contributed by atoms with van der Waals surface area (Å²) in [7, 11) is 0. The van der Waals surface area contributed by atoms with Gasteiger partial charge >= 0.3 is 0 Å². The highest BCUT2D eigenvalue weighted by Gasteiger charge is 2.30. The maximum atomic E-state index is 4.04. The van der Waals surface area contributed by atoms with Crippen LogP contribution >= 0.6 is 0 Å². The summed E-state index contributed by atoms with van der Waals surface area (Å²) in [5, 5.41) is 0. The summed E-state index contributed by atoms with van der Waals surface area (Å²) >= 11 is 0. The van der Waals surface area contributed by atoms with Crippen LogP contribution in [-0.4, -0.2) is 0 Å². The maximum Gasteiger partial charge on any atom is -0.0297 e. The second kappa shape index (κ2) is 3.00. The molecule has 0 aliphatic heterocycles. The SMILES string of the molecule is C=C1CCC(C)(C(C)C)CC1. The zero-order valence-corrected chi connectivity index (χ0v) is 8.11. The summed E-state index contributed by atoms with van der Waals surface area (Å²) < 4.78 is 0. The van der Waals surface area contributed by atoms with E-state index in [1.807, 2.05) is 0 Å².